The molecule has 0 aliphatic rings. The maximum absolute atomic E-state index is 12.4. The van der Waals surface area contributed by atoms with E-state index < -0.39 is 24.2 Å². The Morgan fingerprint density at radius 1 is 1.06 bits per heavy atom. The Bertz CT molecular complexity index is 336. The first kappa shape index (κ1) is 16.1. The van der Waals surface area contributed by atoms with E-state index in [9.17, 15) is 22.0 Å². The molecule has 1 aromatic carbocycles. The number of halogens is 6. The van der Waals surface area contributed by atoms with Gasteiger partial charge in [-0.2, -0.15) is 13.2 Å². The van der Waals surface area contributed by atoms with Gasteiger partial charge in [0.25, 0.3) is 6.43 Å². The fraction of sp³-hybridized carbons (Fsp3) is 0.400. The average Bonchev–Trinajstić information content (AvgIpc) is 2.17. The lowest BCUT2D eigenvalue weighted by Gasteiger charge is -2.16. The van der Waals surface area contributed by atoms with Crippen LogP contribution in [0.1, 0.15) is 17.2 Å². The van der Waals surface area contributed by atoms with E-state index in [1.54, 1.807) is 0 Å². The van der Waals surface area contributed by atoms with Crippen molar-refractivity contribution in [3.05, 3.63) is 35.4 Å². The molecule has 0 fully saturated rings. The third kappa shape index (κ3) is 4.12. The Morgan fingerprint density at radius 3 is 1.82 bits per heavy atom. The summed E-state index contributed by atoms with van der Waals surface area (Å²) in [6.07, 6.45) is -7.11. The van der Waals surface area contributed by atoms with Crippen LogP contribution in [0.3, 0.4) is 0 Å². The zero-order valence-corrected chi connectivity index (χ0v) is 9.58. The van der Waals surface area contributed by atoms with E-state index in [0.29, 0.717) is 0 Å². The third-order valence-electron chi connectivity index (χ3n) is 2.16. The minimum atomic E-state index is -4.45. The highest BCUT2D eigenvalue weighted by molar-refractivity contribution is 5.85. The summed E-state index contributed by atoms with van der Waals surface area (Å²) in [7, 11) is 1.33. The van der Waals surface area contributed by atoms with Crippen LogP contribution in [0.15, 0.2) is 24.3 Å². The smallest absolute Gasteiger partial charge is 0.308 e. The van der Waals surface area contributed by atoms with Crippen molar-refractivity contribution >= 4 is 12.4 Å². The van der Waals surface area contributed by atoms with Gasteiger partial charge < -0.3 is 5.32 Å². The molecule has 0 aliphatic carbocycles. The molecule has 0 unspecified atom stereocenters. The maximum atomic E-state index is 12.4. The highest BCUT2D eigenvalue weighted by atomic mass is 35.5. The maximum Gasteiger partial charge on any atom is 0.416 e. The molecule has 1 rings (SSSR count). The molecule has 1 atom stereocenters. The molecule has 0 spiro atoms. The molecule has 0 saturated heterocycles. The van der Waals surface area contributed by atoms with Crippen molar-refractivity contribution in [2.75, 3.05) is 7.05 Å². The van der Waals surface area contributed by atoms with Gasteiger partial charge in [-0.1, -0.05) is 12.1 Å². The van der Waals surface area contributed by atoms with Crippen molar-refractivity contribution in [2.24, 2.45) is 0 Å². The van der Waals surface area contributed by atoms with E-state index in [4.69, 9.17) is 0 Å². The van der Waals surface area contributed by atoms with Crippen LogP contribution < -0.4 is 5.32 Å². The fourth-order valence-electron chi connectivity index (χ4n) is 1.32. The van der Waals surface area contributed by atoms with Crippen LogP contribution in [-0.2, 0) is 6.18 Å². The van der Waals surface area contributed by atoms with E-state index >= 15 is 0 Å². The lowest BCUT2D eigenvalue weighted by atomic mass is 10.1. The van der Waals surface area contributed by atoms with Crippen LogP contribution in [0.25, 0.3) is 0 Å². The van der Waals surface area contributed by atoms with E-state index in [-0.39, 0.29) is 18.0 Å². The molecule has 0 amide bonds. The van der Waals surface area contributed by atoms with Crippen LogP contribution in [0.2, 0.25) is 0 Å². The molecule has 1 nitrogen and oxygen atoms in total. The fourth-order valence-corrected chi connectivity index (χ4v) is 1.32. The summed E-state index contributed by atoms with van der Waals surface area (Å²) >= 11 is 0. The third-order valence-corrected chi connectivity index (χ3v) is 2.16. The molecular formula is C10H11ClF5N. The Kier molecular flexibility index (Phi) is 5.84. The van der Waals surface area contributed by atoms with Crippen LogP contribution in [0, 0.1) is 0 Å². The molecule has 0 heterocycles. The van der Waals surface area contributed by atoms with Gasteiger partial charge in [0.15, 0.2) is 0 Å². The monoisotopic (exact) mass is 275 g/mol. The van der Waals surface area contributed by atoms with E-state index in [1.165, 1.54) is 7.05 Å². The highest BCUT2D eigenvalue weighted by Gasteiger charge is 2.30. The van der Waals surface area contributed by atoms with Gasteiger partial charge in [0.05, 0.1) is 11.6 Å². The lowest BCUT2D eigenvalue weighted by Crippen LogP contribution is -2.23. The number of benzene rings is 1. The molecule has 0 saturated carbocycles. The Hall–Kier alpha value is -0.880. The number of hydrogen-bond donors (Lipinski definition) is 1. The predicted octanol–water partition coefficient (Wildman–Crippen LogP) is 3.65. The molecule has 17 heavy (non-hydrogen) atoms. The SMILES string of the molecule is CN[C@@H](c1ccc(C(F)(F)F)cc1)C(F)F.Cl. The van der Waals surface area contributed by atoms with Crippen molar-refractivity contribution < 1.29 is 22.0 Å². The molecule has 0 radical (unpaired) electrons. The first-order valence-corrected chi connectivity index (χ1v) is 4.49. The van der Waals surface area contributed by atoms with E-state index in [2.05, 4.69) is 5.32 Å². The molecule has 98 valence electrons. The zero-order valence-electron chi connectivity index (χ0n) is 8.76. The van der Waals surface area contributed by atoms with Gasteiger partial charge in [0, 0.05) is 0 Å². The second-order valence-corrected chi connectivity index (χ2v) is 3.22. The molecule has 1 aromatic rings. The predicted molar refractivity (Wildman–Crippen MR) is 56.5 cm³/mol. The Balaban J connectivity index is 0.00000256. The largest absolute Gasteiger partial charge is 0.416 e. The summed E-state index contributed by atoms with van der Waals surface area (Å²) in [5, 5.41) is 2.34. The standard InChI is InChI=1S/C10H10F5N.ClH/c1-16-8(9(11)12)6-2-4-7(5-3-6)10(13,14)15;/h2-5,8-9,16H,1H3;1H/t8-;/m0./s1. The average molecular weight is 276 g/mol. The zero-order chi connectivity index (χ0) is 12.3. The summed E-state index contributed by atoms with van der Waals surface area (Å²) in [5.41, 5.74) is -0.717. The highest BCUT2D eigenvalue weighted by Crippen LogP contribution is 2.30. The second-order valence-electron chi connectivity index (χ2n) is 3.22. The lowest BCUT2D eigenvalue weighted by molar-refractivity contribution is -0.137. The summed E-state index contributed by atoms with van der Waals surface area (Å²) in [6, 6.07) is 2.44. The van der Waals surface area contributed by atoms with Gasteiger partial charge in [-0.05, 0) is 24.7 Å². The van der Waals surface area contributed by atoms with Crippen molar-refractivity contribution in [3.63, 3.8) is 0 Å². The second kappa shape index (κ2) is 6.16. The van der Waals surface area contributed by atoms with Crippen LogP contribution in [0.5, 0.6) is 0 Å². The molecule has 0 bridgehead atoms. The quantitative estimate of drug-likeness (QED) is 0.830. The van der Waals surface area contributed by atoms with Gasteiger partial charge in [0.1, 0.15) is 0 Å². The summed E-state index contributed by atoms with van der Waals surface area (Å²) < 4.78 is 61.5. The van der Waals surface area contributed by atoms with Gasteiger partial charge in [-0.25, -0.2) is 8.78 Å². The molecule has 0 aromatic heterocycles. The first-order chi connectivity index (χ1) is 7.36. The summed E-state index contributed by atoms with van der Waals surface area (Å²) in [5.74, 6) is 0. The minimum absolute atomic E-state index is 0. The molecule has 7 heteroatoms. The van der Waals surface area contributed by atoms with Gasteiger partial charge >= 0.3 is 6.18 Å². The molecule has 1 N–H and O–H groups in total. The van der Waals surface area contributed by atoms with Gasteiger partial charge in [-0.15, -0.1) is 12.4 Å². The van der Waals surface area contributed by atoms with Crippen molar-refractivity contribution in [3.8, 4) is 0 Å². The van der Waals surface area contributed by atoms with Crippen molar-refractivity contribution in [2.45, 2.75) is 18.6 Å². The van der Waals surface area contributed by atoms with Gasteiger partial charge in [0.2, 0.25) is 0 Å². The Labute approximate surface area is 101 Å². The van der Waals surface area contributed by atoms with Crippen molar-refractivity contribution in [1.82, 2.24) is 5.32 Å². The number of alkyl halides is 5. The minimum Gasteiger partial charge on any atom is -0.308 e. The first-order valence-electron chi connectivity index (χ1n) is 4.49. The normalized spacial score (nSPS) is 13.4. The molecule has 0 aliphatic heterocycles. The number of nitrogens with one attached hydrogen (secondary N) is 1. The van der Waals surface area contributed by atoms with E-state index in [1.807, 2.05) is 0 Å². The van der Waals surface area contributed by atoms with Crippen LogP contribution in [0.4, 0.5) is 22.0 Å². The van der Waals surface area contributed by atoms with Crippen LogP contribution in [-0.4, -0.2) is 13.5 Å². The Morgan fingerprint density at radius 2 is 1.53 bits per heavy atom. The van der Waals surface area contributed by atoms with Crippen molar-refractivity contribution in [1.29, 1.82) is 0 Å². The number of rotatable bonds is 3. The number of hydrogen-bond acceptors (Lipinski definition) is 1. The van der Waals surface area contributed by atoms with E-state index in [0.717, 1.165) is 24.3 Å². The summed E-state index contributed by atoms with van der Waals surface area (Å²) in [6.45, 7) is 0. The topological polar surface area (TPSA) is 12.0 Å². The molecular weight excluding hydrogens is 265 g/mol. The van der Waals surface area contributed by atoms with Crippen LogP contribution >= 0.6 is 12.4 Å². The summed E-state index contributed by atoms with van der Waals surface area (Å²) in [4.78, 5) is 0. The van der Waals surface area contributed by atoms with Gasteiger partial charge in [-0.3, -0.25) is 0 Å².